The molecule has 0 radical (unpaired) electrons. The number of anilines is 1. The molecule has 0 saturated carbocycles. The minimum Gasteiger partial charge on any atom is -0.493 e. The molecule has 3 aromatic carbocycles. The molecule has 4 aromatic rings. The lowest BCUT2D eigenvalue weighted by Crippen LogP contribution is -2.24. The quantitative estimate of drug-likeness (QED) is 0.270. The number of methoxy groups -OCH3 is 1. The van der Waals surface area contributed by atoms with Gasteiger partial charge < -0.3 is 19.8 Å². The van der Waals surface area contributed by atoms with Crippen molar-refractivity contribution in [2.75, 3.05) is 12.4 Å². The monoisotopic (exact) mass is 503 g/mol. The van der Waals surface area contributed by atoms with E-state index in [0.717, 1.165) is 22.4 Å². The first-order chi connectivity index (χ1) is 17.0. The summed E-state index contributed by atoms with van der Waals surface area (Å²) in [5, 5.41) is 3.97. The Bertz CT molecular complexity index is 1530. The van der Waals surface area contributed by atoms with E-state index in [1.807, 2.05) is 78.9 Å². The molecular formula is C27H22ClN3O3S. The fourth-order valence-electron chi connectivity index (χ4n) is 4.13. The van der Waals surface area contributed by atoms with Crippen molar-refractivity contribution in [3.8, 4) is 11.5 Å². The molecule has 6 nitrogen and oxygen atoms in total. The van der Waals surface area contributed by atoms with Crippen LogP contribution in [0, 0.1) is 4.77 Å². The van der Waals surface area contributed by atoms with Crippen LogP contribution in [0.2, 0.25) is 5.02 Å². The molecule has 35 heavy (non-hydrogen) atoms. The predicted molar refractivity (Wildman–Crippen MR) is 141 cm³/mol. The van der Waals surface area contributed by atoms with Crippen LogP contribution in [0.4, 0.5) is 5.82 Å². The Morgan fingerprint density at radius 3 is 2.51 bits per heavy atom. The van der Waals surface area contributed by atoms with Crippen LogP contribution in [0.3, 0.4) is 0 Å². The molecule has 0 fully saturated rings. The lowest BCUT2D eigenvalue weighted by molar-refractivity contribution is 0.284. The lowest BCUT2D eigenvalue weighted by atomic mass is 9.88. The normalized spacial score (nSPS) is 14.5. The largest absolute Gasteiger partial charge is 0.493 e. The van der Waals surface area contributed by atoms with Gasteiger partial charge in [0.1, 0.15) is 12.4 Å². The van der Waals surface area contributed by atoms with E-state index in [4.69, 9.17) is 33.3 Å². The number of benzene rings is 3. The van der Waals surface area contributed by atoms with E-state index < -0.39 is 0 Å². The summed E-state index contributed by atoms with van der Waals surface area (Å²) in [6.07, 6.45) is 2.03. The highest BCUT2D eigenvalue weighted by molar-refractivity contribution is 7.71. The van der Waals surface area contributed by atoms with Crippen molar-refractivity contribution in [2.45, 2.75) is 12.5 Å². The van der Waals surface area contributed by atoms with Gasteiger partial charge in [-0.15, -0.1) is 0 Å². The molecule has 8 heteroatoms. The van der Waals surface area contributed by atoms with Gasteiger partial charge in [-0.3, -0.25) is 9.78 Å². The summed E-state index contributed by atoms with van der Waals surface area (Å²) in [7, 11) is 1.59. The number of allylic oxidation sites excluding steroid dienone is 1. The maximum atomic E-state index is 12.9. The van der Waals surface area contributed by atoms with Crippen molar-refractivity contribution in [3.05, 3.63) is 121 Å². The van der Waals surface area contributed by atoms with Crippen LogP contribution >= 0.6 is 23.8 Å². The van der Waals surface area contributed by atoms with E-state index in [1.54, 1.807) is 7.11 Å². The Morgan fingerprint density at radius 1 is 0.971 bits per heavy atom. The fourth-order valence-corrected chi connectivity index (χ4v) is 4.52. The summed E-state index contributed by atoms with van der Waals surface area (Å²) in [5.74, 6) is 1.37. The second-order valence-electron chi connectivity index (χ2n) is 8.04. The standard InChI is InChI=1S/C27H22ClN3O3S/c1-33-23-13-17(11-12-22(23)34-15-18-9-5-6-10-20(18)28)19-14-21(16-7-3-2-4-8-16)29-25-24(19)26(32)31-27(35)30-25/h2-14,19H,15H2,1H3,(H3,29,30,31,32,35). The minimum atomic E-state index is -0.344. The van der Waals surface area contributed by atoms with Crippen LogP contribution in [0.15, 0.2) is 83.7 Å². The van der Waals surface area contributed by atoms with E-state index in [9.17, 15) is 4.79 Å². The fraction of sp³-hybridized carbons (Fsp3) is 0.111. The van der Waals surface area contributed by atoms with Crippen molar-refractivity contribution in [1.82, 2.24) is 9.97 Å². The van der Waals surface area contributed by atoms with Crippen LogP contribution in [-0.2, 0) is 6.61 Å². The molecule has 1 unspecified atom stereocenters. The van der Waals surface area contributed by atoms with Crippen LogP contribution in [0.5, 0.6) is 11.5 Å². The number of halogens is 1. The highest BCUT2D eigenvalue weighted by Gasteiger charge is 2.27. The van der Waals surface area contributed by atoms with Gasteiger partial charge in [-0.25, -0.2) is 0 Å². The zero-order valence-electron chi connectivity index (χ0n) is 18.8. The van der Waals surface area contributed by atoms with Gasteiger partial charge in [0.25, 0.3) is 5.56 Å². The average Bonchev–Trinajstić information content (AvgIpc) is 2.87. The molecule has 0 amide bonds. The summed E-state index contributed by atoms with van der Waals surface area (Å²) in [6, 6.07) is 23.1. The van der Waals surface area contributed by atoms with Crippen LogP contribution < -0.4 is 20.3 Å². The molecule has 0 spiro atoms. The van der Waals surface area contributed by atoms with Gasteiger partial charge in [0.05, 0.1) is 12.7 Å². The molecule has 1 atom stereocenters. The van der Waals surface area contributed by atoms with Crippen molar-refractivity contribution < 1.29 is 9.47 Å². The first-order valence-electron chi connectivity index (χ1n) is 11.0. The van der Waals surface area contributed by atoms with Crippen molar-refractivity contribution in [1.29, 1.82) is 0 Å². The molecular weight excluding hydrogens is 482 g/mol. The Balaban J connectivity index is 1.54. The van der Waals surface area contributed by atoms with Gasteiger partial charge in [-0.05, 0) is 47.6 Å². The number of rotatable bonds is 6. The third-order valence-electron chi connectivity index (χ3n) is 5.86. The van der Waals surface area contributed by atoms with E-state index in [0.29, 0.717) is 34.5 Å². The molecule has 2 heterocycles. The molecule has 0 aliphatic carbocycles. The Kier molecular flexibility index (Phi) is 6.44. The molecule has 1 aliphatic rings. The zero-order chi connectivity index (χ0) is 24.4. The van der Waals surface area contributed by atoms with Gasteiger partial charge in [-0.2, -0.15) is 0 Å². The second kappa shape index (κ2) is 9.82. The first-order valence-corrected chi connectivity index (χ1v) is 11.8. The summed E-state index contributed by atoms with van der Waals surface area (Å²) >= 11 is 11.5. The van der Waals surface area contributed by atoms with Crippen LogP contribution in [0.25, 0.3) is 5.70 Å². The van der Waals surface area contributed by atoms with Gasteiger partial charge in [0, 0.05) is 22.2 Å². The number of aromatic amines is 2. The zero-order valence-corrected chi connectivity index (χ0v) is 20.4. The topological polar surface area (TPSA) is 79.1 Å². The number of nitrogens with one attached hydrogen (secondary N) is 3. The minimum absolute atomic E-state index is 0.248. The van der Waals surface area contributed by atoms with Crippen LogP contribution in [-0.4, -0.2) is 17.1 Å². The number of H-pyrrole nitrogens is 2. The lowest BCUT2D eigenvalue weighted by Gasteiger charge is -2.26. The predicted octanol–water partition coefficient (Wildman–Crippen LogP) is 6.27. The molecule has 1 aliphatic heterocycles. The third kappa shape index (κ3) is 4.73. The molecule has 3 N–H and O–H groups in total. The van der Waals surface area contributed by atoms with Crippen molar-refractivity contribution in [3.63, 3.8) is 0 Å². The van der Waals surface area contributed by atoms with E-state index in [-0.39, 0.29) is 16.2 Å². The summed E-state index contributed by atoms with van der Waals surface area (Å²) < 4.78 is 11.9. The summed E-state index contributed by atoms with van der Waals surface area (Å²) in [5.41, 5.74) is 3.92. The number of ether oxygens (including phenoxy) is 2. The highest BCUT2D eigenvalue weighted by atomic mass is 35.5. The van der Waals surface area contributed by atoms with E-state index >= 15 is 0 Å². The first kappa shape index (κ1) is 23.0. The number of hydrogen-bond donors (Lipinski definition) is 3. The Hall–Kier alpha value is -3.81. The van der Waals surface area contributed by atoms with Gasteiger partial charge in [0.15, 0.2) is 16.3 Å². The molecule has 0 bridgehead atoms. The average molecular weight is 504 g/mol. The molecule has 0 saturated heterocycles. The molecule has 176 valence electrons. The number of fused-ring (bicyclic) bond motifs is 1. The van der Waals surface area contributed by atoms with Crippen molar-refractivity contribution in [2.24, 2.45) is 0 Å². The smallest absolute Gasteiger partial charge is 0.257 e. The highest BCUT2D eigenvalue weighted by Crippen LogP contribution is 2.39. The molecule has 5 rings (SSSR count). The number of hydrogen-bond acceptors (Lipinski definition) is 5. The molecule has 1 aromatic heterocycles. The Morgan fingerprint density at radius 2 is 1.74 bits per heavy atom. The van der Waals surface area contributed by atoms with E-state index in [1.165, 1.54) is 0 Å². The van der Waals surface area contributed by atoms with Crippen molar-refractivity contribution >= 4 is 35.3 Å². The van der Waals surface area contributed by atoms with Gasteiger partial charge in [-0.1, -0.05) is 66.2 Å². The third-order valence-corrected chi connectivity index (χ3v) is 6.43. The van der Waals surface area contributed by atoms with Gasteiger partial charge >= 0.3 is 0 Å². The van der Waals surface area contributed by atoms with Crippen LogP contribution in [0.1, 0.15) is 28.2 Å². The van der Waals surface area contributed by atoms with Gasteiger partial charge in [0.2, 0.25) is 0 Å². The maximum absolute atomic E-state index is 12.9. The number of aromatic nitrogens is 2. The SMILES string of the molecule is COc1cc(C2C=C(c3ccccc3)Nc3[nH]c(=S)[nH]c(=O)c32)ccc1OCc1ccccc1Cl. The summed E-state index contributed by atoms with van der Waals surface area (Å²) in [4.78, 5) is 18.7. The Labute approximate surface area is 212 Å². The second-order valence-corrected chi connectivity index (χ2v) is 8.85. The maximum Gasteiger partial charge on any atom is 0.257 e. The van der Waals surface area contributed by atoms with E-state index in [2.05, 4.69) is 15.3 Å². The summed E-state index contributed by atoms with van der Waals surface area (Å²) in [6.45, 7) is 0.305.